The zero-order chi connectivity index (χ0) is 20.5. The quantitative estimate of drug-likeness (QED) is 0.424. The fourth-order valence-electron chi connectivity index (χ4n) is 3.87. The standard InChI is InChI=1S/C23H18ClN3O3/c24-17-10-4-1-7-14(17)22-26-20(30-27-22)13-29-23(28)21-15-8-2-5-11-18(15)25-19-12-6-3-9-16(19)21/h1-2,4-5,7-8,10-11H,3,6,9,12-13H2. The topological polar surface area (TPSA) is 78.1 Å². The summed E-state index contributed by atoms with van der Waals surface area (Å²) in [5.41, 5.74) is 4.05. The van der Waals surface area contributed by atoms with Gasteiger partial charge in [-0.05, 0) is 49.4 Å². The lowest BCUT2D eigenvalue weighted by molar-refractivity contribution is 0.0430. The number of pyridine rings is 1. The molecule has 0 fully saturated rings. The first-order valence-corrected chi connectivity index (χ1v) is 10.2. The molecule has 2 heterocycles. The van der Waals surface area contributed by atoms with E-state index in [-0.39, 0.29) is 12.5 Å². The Labute approximate surface area is 177 Å². The van der Waals surface area contributed by atoms with Gasteiger partial charge in [-0.3, -0.25) is 4.98 Å². The number of rotatable bonds is 4. The van der Waals surface area contributed by atoms with E-state index in [2.05, 4.69) is 10.1 Å². The number of benzene rings is 2. The molecule has 150 valence electrons. The van der Waals surface area contributed by atoms with Crippen LogP contribution >= 0.6 is 11.6 Å². The molecule has 0 unspecified atom stereocenters. The highest BCUT2D eigenvalue weighted by Gasteiger charge is 2.24. The maximum absolute atomic E-state index is 13.1. The van der Waals surface area contributed by atoms with Crippen LogP contribution in [0.3, 0.4) is 0 Å². The van der Waals surface area contributed by atoms with Crippen molar-refractivity contribution in [3.63, 3.8) is 0 Å². The van der Waals surface area contributed by atoms with Crippen LogP contribution in [0.4, 0.5) is 0 Å². The molecule has 1 aliphatic rings. The van der Waals surface area contributed by atoms with Gasteiger partial charge in [0.2, 0.25) is 5.82 Å². The second-order valence-corrected chi connectivity index (χ2v) is 7.61. The predicted molar refractivity (Wildman–Crippen MR) is 112 cm³/mol. The van der Waals surface area contributed by atoms with E-state index in [0.717, 1.165) is 47.8 Å². The van der Waals surface area contributed by atoms with Crippen molar-refractivity contribution < 1.29 is 14.1 Å². The molecule has 1 aliphatic carbocycles. The first-order valence-electron chi connectivity index (χ1n) is 9.86. The van der Waals surface area contributed by atoms with Crippen LogP contribution in [0.25, 0.3) is 22.3 Å². The van der Waals surface area contributed by atoms with Gasteiger partial charge in [0, 0.05) is 16.6 Å². The molecule has 0 atom stereocenters. The lowest BCUT2D eigenvalue weighted by Gasteiger charge is -2.19. The van der Waals surface area contributed by atoms with E-state index < -0.39 is 5.97 Å². The third-order valence-electron chi connectivity index (χ3n) is 5.28. The maximum atomic E-state index is 13.1. The van der Waals surface area contributed by atoms with Gasteiger partial charge < -0.3 is 9.26 Å². The number of aromatic nitrogens is 3. The van der Waals surface area contributed by atoms with Gasteiger partial charge in [0.05, 0.1) is 16.1 Å². The fourth-order valence-corrected chi connectivity index (χ4v) is 4.09. The largest absolute Gasteiger partial charge is 0.452 e. The van der Waals surface area contributed by atoms with Crippen LogP contribution in [0, 0.1) is 0 Å². The molecule has 0 aliphatic heterocycles. The van der Waals surface area contributed by atoms with E-state index in [1.54, 1.807) is 12.1 Å². The van der Waals surface area contributed by atoms with Crippen molar-refractivity contribution in [1.29, 1.82) is 0 Å². The number of carbonyl (C=O) groups excluding carboxylic acids is 1. The summed E-state index contributed by atoms with van der Waals surface area (Å²) in [6.45, 7) is -0.109. The third kappa shape index (κ3) is 3.44. The van der Waals surface area contributed by atoms with Crippen LogP contribution in [0.2, 0.25) is 5.02 Å². The second kappa shape index (κ2) is 7.88. The molecule has 0 spiro atoms. The van der Waals surface area contributed by atoms with Crippen molar-refractivity contribution >= 4 is 28.5 Å². The number of nitrogens with zero attached hydrogens (tertiary/aromatic N) is 3. The summed E-state index contributed by atoms with van der Waals surface area (Å²) in [6.07, 6.45) is 3.83. The minimum absolute atomic E-state index is 0.109. The van der Waals surface area contributed by atoms with Gasteiger partial charge in [-0.15, -0.1) is 0 Å². The monoisotopic (exact) mass is 419 g/mol. The molecule has 2 aromatic heterocycles. The van der Waals surface area contributed by atoms with E-state index in [1.807, 2.05) is 36.4 Å². The van der Waals surface area contributed by atoms with Crippen LogP contribution in [0.5, 0.6) is 0 Å². The predicted octanol–water partition coefficient (Wildman–Crippen LogP) is 5.17. The van der Waals surface area contributed by atoms with Crippen LogP contribution < -0.4 is 0 Å². The molecule has 0 saturated heterocycles. The van der Waals surface area contributed by atoms with Gasteiger partial charge >= 0.3 is 5.97 Å². The van der Waals surface area contributed by atoms with Crippen molar-refractivity contribution in [3.05, 3.63) is 76.3 Å². The van der Waals surface area contributed by atoms with E-state index in [4.69, 9.17) is 25.8 Å². The summed E-state index contributed by atoms with van der Waals surface area (Å²) >= 11 is 6.19. The molecule has 0 N–H and O–H groups in total. The lowest BCUT2D eigenvalue weighted by atomic mass is 9.90. The van der Waals surface area contributed by atoms with Crippen molar-refractivity contribution in [2.75, 3.05) is 0 Å². The number of hydrogen-bond donors (Lipinski definition) is 0. The van der Waals surface area contributed by atoms with E-state index >= 15 is 0 Å². The zero-order valence-electron chi connectivity index (χ0n) is 16.1. The summed E-state index contributed by atoms with van der Waals surface area (Å²) in [5.74, 6) is 0.174. The number of aryl methyl sites for hydroxylation is 1. The van der Waals surface area contributed by atoms with Gasteiger partial charge in [0.1, 0.15) is 0 Å². The number of esters is 1. The molecule has 6 nitrogen and oxygen atoms in total. The highest BCUT2D eigenvalue weighted by molar-refractivity contribution is 6.33. The van der Waals surface area contributed by atoms with Crippen molar-refractivity contribution in [3.8, 4) is 11.4 Å². The summed E-state index contributed by atoms with van der Waals surface area (Å²) in [4.78, 5) is 22.1. The van der Waals surface area contributed by atoms with Gasteiger partial charge in [-0.1, -0.05) is 47.1 Å². The third-order valence-corrected chi connectivity index (χ3v) is 5.61. The highest BCUT2D eigenvalue weighted by Crippen LogP contribution is 2.30. The minimum atomic E-state index is -0.399. The van der Waals surface area contributed by atoms with Crippen LogP contribution in [-0.4, -0.2) is 21.1 Å². The van der Waals surface area contributed by atoms with Crippen molar-refractivity contribution in [2.24, 2.45) is 0 Å². The fraction of sp³-hybridized carbons (Fsp3) is 0.217. The maximum Gasteiger partial charge on any atom is 0.339 e. The molecular weight excluding hydrogens is 402 g/mol. The average Bonchev–Trinajstić information content (AvgIpc) is 3.25. The molecule has 7 heteroatoms. The molecule has 4 aromatic rings. The summed E-state index contributed by atoms with van der Waals surface area (Å²) in [5, 5.41) is 5.28. The van der Waals surface area contributed by atoms with E-state index in [0.29, 0.717) is 22.0 Å². The lowest BCUT2D eigenvalue weighted by Crippen LogP contribution is -2.15. The second-order valence-electron chi connectivity index (χ2n) is 7.20. The highest BCUT2D eigenvalue weighted by atomic mass is 35.5. The van der Waals surface area contributed by atoms with Crippen LogP contribution in [0.1, 0.15) is 40.3 Å². The smallest absolute Gasteiger partial charge is 0.339 e. The Kier molecular flexibility index (Phi) is 4.93. The molecule has 0 saturated carbocycles. The number of fused-ring (bicyclic) bond motifs is 2. The van der Waals surface area contributed by atoms with Crippen LogP contribution in [0.15, 0.2) is 53.1 Å². The summed E-state index contributed by atoms with van der Waals surface area (Å²) in [7, 11) is 0. The Bertz CT molecular complexity index is 1250. The summed E-state index contributed by atoms with van der Waals surface area (Å²) in [6, 6.07) is 14.9. The molecular formula is C23H18ClN3O3. The number of ether oxygens (including phenoxy) is 1. The Balaban J connectivity index is 1.42. The Morgan fingerprint density at radius 1 is 1.03 bits per heavy atom. The number of carbonyl (C=O) groups is 1. The first-order chi connectivity index (χ1) is 14.7. The summed E-state index contributed by atoms with van der Waals surface area (Å²) < 4.78 is 10.8. The van der Waals surface area contributed by atoms with Gasteiger partial charge in [-0.2, -0.15) is 4.98 Å². The average molecular weight is 420 g/mol. The van der Waals surface area contributed by atoms with Crippen LogP contribution in [-0.2, 0) is 24.2 Å². The zero-order valence-corrected chi connectivity index (χ0v) is 16.9. The van der Waals surface area contributed by atoms with Gasteiger partial charge in [0.15, 0.2) is 6.61 Å². The molecule has 0 amide bonds. The number of halogens is 1. The Morgan fingerprint density at radius 3 is 2.73 bits per heavy atom. The Morgan fingerprint density at radius 2 is 1.83 bits per heavy atom. The molecule has 30 heavy (non-hydrogen) atoms. The molecule has 5 rings (SSSR count). The van der Waals surface area contributed by atoms with Crippen molar-refractivity contribution in [1.82, 2.24) is 15.1 Å². The first kappa shape index (κ1) is 18.8. The van der Waals surface area contributed by atoms with Crippen molar-refractivity contribution in [2.45, 2.75) is 32.3 Å². The van der Waals surface area contributed by atoms with E-state index in [1.165, 1.54) is 0 Å². The van der Waals surface area contributed by atoms with Gasteiger partial charge in [0.25, 0.3) is 5.89 Å². The molecule has 0 bridgehead atoms. The number of para-hydroxylation sites is 1. The van der Waals surface area contributed by atoms with E-state index in [9.17, 15) is 4.79 Å². The minimum Gasteiger partial charge on any atom is -0.452 e. The van der Waals surface area contributed by atoms with Gasteiger partial charge in [-0.25, -0.2) is 4.79 Å². The SMILES string of the molecule is O=C(OCc1nc(-c2ccccc2Cl)no1)c1c2c(nc3ccccc13)CCCC2. The molecule has 2 aromatic carbocycles. The molecule has 0 radical (unpaired) electrons. The number of hydrogen-bond acceptors (Lipinski definition) is 6. The Hall–Kier alpha value is -3.25. The normalized spacial score (nSPS) is 13.2.